The van der Waals surface area contributed by atoms with Crippen LogP contribution < -0.4 is 22.7 Å². The summed E-state index contributed by atoms with van der Waals surface area (Å²) in [5, 5.41) is 0. The van der Waals surface area contributed by atoms with E-state index in [1.807, 2.05) is 0 Å². The maximum absolute atomic E-state index is 5.63. The molecule has 1 saturated carbocycles. The average molecular weight is 179 g/mol. The summed E-state index contributed by atoms with van der Waals surface area (Å²) in [6.07, 6.45) is 6.66. The van der Waals surface area contributed by atoms with Crippen LogP contribution in [-0.2, 0) is 0 Å². The van der Waals surface area contributed by atoms with Crippen molar-refractivity contribution in [3.05, 3.63) is 0 Å². The first-order valence-corrected chi connectivity index (χ1v) is 3.15. The fraction of sp³-hybridized carbons (Fsp3) is 1.00. The highest BCUT2D eigenvalue weighted by Crippen LogP contribution is 2.14. The Morgan fingerprint density at radius 1 is 1.00 bits per heavy atom. The molecule has 2 heteroatoms. The Balaban J connectivity index is 0.000000490. The quantitative estimate of drug-likeness (QED) is 0.470. The molecule has 1 aliphatic rings. The Labute approximate surface area is 61.4 Å². The van der Waals surface area contributed by atoms with Crippen LogP contribution in [0.15, 0.2) is 0 Å². The third-order valence-electron chi connectivity index (χ3n) is 1.65. The van der Waals surface area contributed by atoms with Crippen LogP contribution in [0.3, 0.4) is 0 Å². The summed E-state index contributed by atoms with van der Waals surface area (Å²) < 4.78 is 0. The number of hydrogen-bond acceptors (Lipinski definition) is 1. The van der Waals surface area contributed by atoms with E-state index in [4.69, 9.17) is 5.73 Å². The van der Waals surface area contributed by atoms with Crippen LogP contribution in [-0.4, -0.2) is 6.04 Å². The molecule has 0 aromatic carbocycles. The summed E-state index contributed by atoms with van der Waals surface area (Å²) >= 11 is 0. The molecule has 2 N–H and O–H groups in total. The summed E-state index contributed by atoms with van der Waals surface area (Å²) in [6, 6.07) is 0.536. The SMILES string of the molecule is NC1CCCCC1.[Br-]. The molecule has 1 aliphatic carbocycles. The zero-order valence-electron chi connectivity index (χ0n) is 5.07. The standard InChI is InChI=1S/C6H13N.BrH/c7-6-4-2-1-3-5-6;/h6H,1-5,7H2;1H/p-1. The minimum Gasteiger partial charge on any atom is -1.00 e. The summed E-state index contributed by atoms with van der Waals surface area (Å²) in [6.45, 7) is 0. The van der Waals surface area contributed by atoms with Crippen molar-refractivity contribution < 1.29 is 17.0 Å². The van der Waals surface area contributed by atoms with E-state index in [0.29, 0.717) is 6.04 Å². The van der Waals surface area contributed by atoms with Crippen LogP contribution >= 0.6 is 0 Å². The fourth-order valence-corrected chi connectivity index (χ4v) is 1.13. The van der Waals surface area contributed by atoms with Gasteiger partial charge in [-0.2, -0.15) is 0 Å². The molecule has 8 heavy (non-hydrogen) atoms. The van der Waals surface area contributed by atoms with Crippen molar-refractivity contribution in [2.75, 3.05) is 0 Å². The van der Waals surface area contributed by atoms with Gasteiger partial charge in [0.2, 0.25) is 0 Å². The highest BCUT2D eigenvalue weighted by atomic mass is 79.9. The molecule has 0 heterocycles. The number of halogens is 1. The van der Waals surface area contributed by atoms with Crippen molar-refractivity contribution in [1.29, 1.82) is 0 Å². The van der Waals surface area contributed by atoms with E-state index < -0.39 is 0 Å². The van der Waals surface area contributed by atoms with Gasteiger partial charge in [-0.25, -0.2) is 0 Å². The molecule has 0 bridgehead atoms. The Morgan fingerprint density at radius 2 is 1.50 bits per heavy atom. The molecule has 0 spiro atoms. The van der Waals surface area contributed by atoms with Crippen molar-refractivity contribution in [3.63, 3.8) is 0 Å². The lowest BCUT2D eigenvalue weighted by Gasteiger charge is -2.15. The zero-order chi connectivity index (χ0) is 5.11. The molecule has 1 rings (SSSR count). The second-order valence-corrected chi connectivity index (χ2v) is 2.40. The molecular weight excluding hydrogens is 166 g/mol. The number of nitrogens with two attached hydrogens (primary N) is 1. The lowest BCUT2D eigenvalue weighted by molar-refractivity contribution is -0.00000171. The lowest BCUT2D eigenvalue weighted by Crippen LogP contribution is -3.00. The van der Waals surface area contributed by atoms with Gasteiger partial charge in [-0.05, 0) is 12.8 Å². The molecule has 0 amide bonds. The molecule has 50 valence electrons. The Morgan fingerprint density at radius 3 is 1.75 bits per heavy atom. The molecule has 0 saturated heterocycles. The van der Waals surface area contributed by atoms with Gasteiger partial charge in [0.15, 0.2) is 0 Å². The predicted octanol–water partition coefficient (Wildman–Crippen LogP) is -1.72. The lowest BCUT2D eigenvalue weighted by atomic mass is 9.97. The van der Waals surface area contributed by atoms with Gasteiger partial charge in [0.1, 0.15) is 0 Å². The van der Waals surface area contributed by atoms with Crippen molar-refractivity contribution in [2.24, 2.45) is 5.73 Å². The van der Waals surface area contributed by atoms with Crippen molar-refractivity contribution in [2.45, 2.75) is 38.1 Å². The van der Waals surface area contributed by atoms with Crippen LogP contribution in [0.5, 0.6) is 0 Å². The molecule has 0 aromatic rings. The first-order chi connectivity index (χ1) is 3.39. The summed E-state index contributed by atoms with van der Waals surface area (Å²) in [4.78, 5) is 0. The van der Waals surface area contributed by atoms with Crippen LogP contribution in [0.4, 0.5) is 0 Å². The van der Waals surface area contributed by atoms with Gasteiger partial charge in [-0.15, -0.1) is 0 Å². The Bertz CT molecular complexity index is 50.5. The minimum absolute atomic E-state index is 0. The first kappa shape index (κ1) is 8.44. The van der Waals surface area contributed by atoms with E-state index in [0.717, 1.165) is 0 Å². The van der Waals surface area contributed by atoms with Crippen LogP contribution in [0.25, 0.3) is 0 Å². The van der Waals surface area contributed by atoms with Gasteiger partial charge in [-0.3, -0.25) is 0 Å². The number of hydrogen-bond donors (Lipinski definition) is 1. The Kier molecular flexibility index (Phi) is 4.57. The minimum atomic E-state index is 0. The first-order valence-electron chi connectivity index (χ1n) is 3.15. The van der Waals surface area contributed by atoms with Gasteiger partial charge >= 0.3 is 0 Å². The van der Waals surface area contributed by atoms with Gasteiger partial charge in [0, 0.05) is 6.04 Å². The molecule has 0 radical (unpaired) electrons. The van der Waals surface area contributed by atoms with Crippen LogP contribution in [0, 0.1) is 0 Å². The second-order valence-electron chi connectivity index (χ2n) is 2.40. The average Bonchev–Trinajstić information content (AvgIpc) is 1.69. The largest absolute Gasteiger partial charge is 1.00 e. The van der Waals surface area contributed by atoms with Crippen molar-refractivity contribution >= 4 is 0 Å². The molecular formula is C6H13BrN-. The second kappa shape index (κ2) is 4.33. The van der Waals surface area contributed by atoms with Gasteiger partial charge < -0.3 is 22.7 Å². The Hall–Kier alpha value is 0.440. The normalized spacial score (nSPS) is 22.1. The van der Waals surface area contributed by atoms with E-state index in [2.05, 4.69) is 0 Å². The summed E-state index contributed by atoms with van der Waals surface area (Å²) in [5.41, 5.74) is 5.63. The molecule has 1 fully saturated rings. The molecule has 0 unspecified atom stereocenters. The third-order valence-corrected chi connectivity index (χ3v) is 1.65. The monoisotopic (exact) mass is 178 g/mol. The van der Waals surface area contributed by atoms with Gasteiger partial charge in [0.25, 0.3) is 0 Å². The van der Waals surface area contributed by atoms with Crippen LogP contribution in [0.2, 0.25) is 0 Å². The van der Waals surface area contributed by atoms with E-state index in [-0.39, 0.29) is 17.0 Å². The smallest absolute Gasteiger partial charge is 0.00388 e. The number of rotatable bonds is 0. The van der Waals surface area contributed by atoms with Gasteiger partial charge in [-0.1, -0.05) is 19.3 Å². The fourth-order valence-electron chi connectivity index (χ4n) is 1.13. The van der Waals surface area contributed by atoms with E-state index >= 15 is 0 Å². The topological polar surface area (TPSA) is 26.0 Å². The van der Waals surface area contributed by atoms with Gasteiger partial charge in [0.05, 0.1) is 0 Å². The third kappa shape index (κ3) is 2.68. The predicted molar refractivity (Wildman–Crippen MR) is 31.1 cm³/mol. The summed E-state index contributed by atoms with van der Waals surface area (Å²) in [7, 11) is 0. The molecule has 1 nitrogen and oxygen atoms in total. The molecule has 0 atom stereocenters. The highest BCUT2D eigenvalue weighted by molar-refractivity contribution is 4.66. The maximum Gasteiger partial charge on any atom is 0.00388 e. The maximum atomic E-state index is 5.63. The zero-order valence-corrected chi connectivity index (χ0v) is 6.65. The highest BCUT2D eigenvalue weighted by Gasteiger charge is 2.06. The van der Waals surface area contributed by atoms with Crippen LogP contribution in [0.1, 0.15) is 32.1 Å². The van der Waals surface area contributed by atoms with E-state index in [1.54, 1.807) is 0 Å². The molecule has 0 aromatic heterocycles. The molecule has 0 aliphatic heterocycles. The van der Waals surface area contributed by atoms with Crippen molar-refractivity contribution in [3.8, 4) is 0 Å². The van der Waals surface area contributed by atoms with Crippen molar-refractivity contribution in [1.82, 2.24) is 0 Å². The van der Waals surface area contributed by atoms with E-state index in [9.17, 15) is 0 Å². The van der Waals surface area contributed by atoms with E-state index in [1.165, 1.54) is 32.1 Å². The summed E-state index contributed by atoms with van der Waals surface area (Å²) in [5.74, 6) is 0.